The molecule has 1 aliphatic heterocycles. The first-order valence-electron chi connectivity index (χ1n) is 7.36. The van der Waals surface area contributed by atoms with Crippen LogP contribution in [-0.2, 0) is 4.79 Å². The van der Waals surface area contributed by atoms with Crippen LogP contribution in [0.5, 0.6) is 5.75 Å². The zero-order chi connectivity index (χ0) is 15.7. The minimum atomic E-state index is -0.107. The number of carbonyl (C=O) groups excluding carboxylic acids is 1. The van der Waals surface area contributed by atoms with Crippen molar-refractivity contribution in [2.24, 2.45) is 0 Å². The van der Waals surface area contributed by atoms with Crippen molar-refractivity contribution in [2.45, 2.75) is 20.8 Å². The molecule has 0 spiro atoms. The molecule has 0 radical (unpaired) electrons. The average Bonchev–Trinajstić information content (AvgIpc) is 2.50. The molecule has 0 bridgehead atoms. The van der Waals surface area contributed by atoms with Crippen LogP contribution in [-0.4, -0.2) is 12.5 Å². The van der Waals surface area contributed by atoms with E-state index in [9.17, 15) is 4.79 Å². The molecule has 1 N–H and O–H groups in total. The van der Waals surface area contributed by atoms with Crippen LogP contribution in [0.15, 0.2) is 42.0 Å². The summed E-state index contributed by atoms with van der Waals surface area (Å²) in [6, 6.07) is 11.9. The lowest BCUT2D eigenvalue weighted by Gasteiger charge is -2.19. The fourth-order valence-corrected chi connectivity index (χ4v) is 2.82. The number of rotatable bonds is 2. The molecule has 0 unspecified atom stereocenters. The number of aryl methyl sites for hydroxylation is 3. The van der Waals surface area contributed by atoms with Crippen LogP contribution < -0.4 is 10.1 Å². The molecule has 1 heterocycles. The SMILES string of the molecule is Cc1cc(C)c(NC(=O)C2=Cc3ccccc3OC2)c(C)c1. The van der Waals surface area contributed by atoms with Crippen LogP contribution >= 0.6 is 0 Å². The largest absolute Gasteiger partial charge is 0.488 e. The third-order valence-corrected chi connectivity index (χ3v) is 3.84. The Balaban J connectivity index is 1.86. The second-order valence-corrected chi connectivity index (χ2v) is 5.72. The highest BCUT2D eigenvalue weighted by Crippen LogP contribution is 2.27. The van der Waals surface area contributed by atoms with Gasteiger partial charge >= 0.3 is 0 Å². The maximum Gasteiger partial charge on any atom is 0.255 e. The van der Waals surface area contributed by atoms with Crippen molar-refractivity contribution in [1.29, 1.82) is 0 Å². The van der Waals surface area contributed by atoms with E-state index in [1.165, 1.54) is 5.56 Å². The lowest BCUT2D eigenvalue weighted by atomic mass is 10.0. The molecule has 0 aliphatic carbocycles. The van der Waals surface area contributed by atoms with Crippen LogP contribution in [0.25, 0.3) is 6.08 Å². The highest BCUT2D eigenvalue weighted by molar-refractivity contribution is 6.08. The third-order valence-electron chi connectivity index (χ3n) is 3.84. The Kier molecular flexibility index (Phi) is 3.72. The van der Waals surface area contributed by atoms with E-state index >= 15 is 0 Å². The van der Waals surface area contributed by atoms with Crippen molar-refractivity contribution in [3.05, 3.63) is 64.2 Å². The topological polar surface area (TPSA) is 38.3 Å². The van der Waals surface area contributed by atoms with Crippen LogP contribution in [0, 0.1) is 20.8 Å². The normalized spacial score (nSPS) is 13.0. The fraction of sp³-hybridized carbons (Fsp3) is 0.211. The van der Waals surface area contributed by atoms with E-state index in [0.717, 1.165) is 28.1 Å². The summed E-state index contributed by atoms with van der Waals surface area (Å²) in [5, 5.41) is 3.02. The van der Waals surface area contributed by atoms with Gasteiger partial charge < -0.3 is 10.1 Å². The van der Waals surface area contributed by atoms with E-state index in [1.54, 1.807) is 0 Å². The quantitative estimate of drug-likeness (QED) is 0.908. The van der Waals surface area contributed by atoms with Crippen molar-refractivity contribution in [1.82, 2.24) is 0 Å². The molecule has 1 amide bonds. The number of anilines is 1. The van der Waals surface area contributed by atoms with Crippen molar-refractivity contribution in [2.75, 3.05) is 11.9 Å². The van der Waals surface area contributed by atoms with Gasteiger partial charge in [0, 0.05) is 11.3 Å². The number of benzene rings is 2. The number of amides is 1. The molecule has 0 atom stereocenters. The molecule has 0 saturated carbocycles. The predicted octanol–water partition coefficient (Wildman–Crippen LogP) is 4.03. The maximum atomic E-state index is 12.5. The van der Waals surface area contributed by atoms with Gasteiger partial charge in [-0.3, -0.25) is 4.79 Å². The Morgan fingerprint density at radius 3 is 2.50 bits per heavy atom. The molecule has 2 aromatic rings. The van der Waals surface area contributed by atoms with Crippen molar-refractivity contribution >= 4 is 17.7 Å². The summed E-state index contributed by atoms with van der Waals surface area (Å²) in [5.41, 5.74) is 5.80. The molecule has 2 aromatic carbocycles. The molecular formula is C19H19NO2. The average molecular weight is 293 g/mol. The molecule has 0 fully saturated rings. The van der Waals surface area contributed by atoms with Gasteiger partial charge in [0.1, 0.15) is 12.4 Å². The standard InChI is InChI=1S/C19H19NO2/c1-12-8-13(2)18(14(3)9-12)20-19(21)16-10-15-6-4-5-7-17(15)22-11-16/h4-10H,11H2,1-3H3,(H,20,21). The van der Waals surface area contributed by atoms with Crippen LogP contribution in [0.3, 0.4) is 0 Å². The second kappa shape index (κ2) is 5.68. The van der Waals surface area contributed by atoms with E-state index in [4.69, 9.17) is 4.74 Å². The van der Waals surface area contributed by atoms with Gasteiger partial charge in [-0.1, -0.05) is 35.9 Å². The van der Waals surface area contributed by atoms with Gasteiger partial charge in [0.15, 0.2) is 0 Å². The predicted molar refractivity (Wildman–Crippen MR) is 89.2 cm³/mol. The minimum Gasteiger partial charge on any atom is -0.488 e. The first kappa shape index (κ1) is 14.4. The van der Waals surface area contributed by atoms with Gasteiger partial charge in [0.2, 0.25) is 0 Å². The highest BCUT2D eigenvalue weighted by atomic mass is 16.5. The summed E-state index contributed by atoms with van der Waals surface area (Å²) in [5.74, 6) is 0.714. The number of hydrogen-bond donors (Lipinski definition) is 1. The zero-order valence-corrected chi connectivity index (χ0v) is 13.1. The Morgan fingerprint density at radius 2 is 1.77 bits per heavy atom. The number of ether oxygens (including phenoxy) is 1. The molecule has 22 heavy (non-hydrogen) atoms. The van der Waals surface area contributed by atoms with Crippen molar-refractivity contribution in [3.63, 3.8) is 0 Å². The summed E-state index contributed by atoms with van der Waals surface area (Å²) in [4.78, 5) is 12.5. The van der Waals surface area contributed by atoms with E-state index in [0.29, 0.717) is 12.2 Å². The van der Waals surface area contributed by atoms with Gasteiger partial charge in [-0.25, -0.2) is 0 Å². The number of nitrogens with one attached hydrogen (secondary N) is 1. The molecule has 1 aliphatic rings. The van der Waals surface area contributed by atoms with E-state index in [1.807, 2.05) is 44.2 Å². The number of carbonyl (C=O) groups is 1. The summed E-state index contributed by atoms with van der Waals surface area (Å²) in [6.07, 6.45) is 1.90. The molecule has 112 valence electrons. The van der Waals surface area contributed by atoms with Crippen LogP contribution in [0.2, 0.25) is 0 Å². The fourth-order valence-electron chi connectivity index (χ4n) is 2.82. The minimum absolute atomic E-state index is 0.107. The first-order valence-corrected chi connectivity index (χ1v) is 7.36. The second-order valence-electron chi connectivity index (χ2n) is 5.72. The van der Waals surface area contributed by atoms with Crippen molar-refractivity contribution < 1.29 is 9.53 Å². The lowest BCUT2D eigenvalue weighted by Crippen LogP contribution is -2.22. The number of para-hydroxylation sites is 1. The number of fused-ring (bicyclic) bond motifs is 1. The molecule has 3 rings (SSSR count). The van der Waals surface area contributed by atoms with E-state index < -0.39 is 0 Å². The molecule has 0 aromatic heterocycles. The van der Waals surface area contributed by atoms with Crippen LogP contribution in [0.1, 0.15) is 22.3 Å². The van der Waals surface area contributed by atoms with Gasteiger partial charge in [-0.05, 0) is 44.0 Å². The number of hydrogen-bond acceptors (Lipinski definition) is 2. The molecule has 3 nitrogen and oxygen atoms in total. The Bertz CT molecular complexity index is 752. The van der Waals surface area contributed by atoms with Crippen molar-refractivity contribution in [3.8, 4) is 5.75 Å². The van der Waals surface area contributed by atoms with Crippen LogP contribution in [0.4, 0.5) is 5.69 Å². The third kappa shape index (κ3) is 2.75. The Morgan fingerprint density at radius 1 is 1.09 bits per heavy atom. The summed E-state index contributed by atoms with van der Waals surface area (Å²) in [6.45, 7) is 6.38. The molecular weight excluding hydrogens is 274 g/mol. The summed E-state index contributed by atoms with van der Waals surface area (Å²) < 4.78 is 5.65. The monoisotopic (exact) mass is 293 g/mol. The van der Waals surface area contributed by atoms with Gasteiger partial charge in [0.05, 0.1) is 5.57 Å². The molecule has 0 saturated heterocycles. The summed E-state index contributed by atoms with van der Waals surface area (Å²) in [7, 11) is 0. The zero-order valence-electron chi connectivity index (χ0n) is 13.1. The van der Waals surface area contributed by atoms with Gasteiger partial charge in [-0.2, -0.15) is 0 Å². The van der Waals surface area contributed by atoms with Gasteiger partial charge in [-0.15, -0.1) is 0 Å². The maximum absolute atomic E-state index is 12.5. The van der Waals surface area contributed by atoms with Gasteiger partial charge in [0.25, 0.3) is 5.91 Å². The smallest absolute Gasteiger partial charge is 0.255 e. The highest BCUT2D eigenvalue weighted by Gasteiger charge is 2.18. The van der Waals surface area contributed by atoms with E-state index in [2.05, 4.69) is 24.4 Å². The Labute approximate surface area is 130 Å². The summed E-state index contributed by atoms with van der Waals surface area (Å²) >= 11 is 0. The lowest BCUT2D eigenvalue weighted by molar-refractivity contribution is -0.113. The molecule has 3 heteroatoms. The van der Waals surface area contributed by atoms with E-state index in [-0.39, 0.29) is 5.91 Å². The first-order chi connectivity index (χ1) is 10.5. The Hall–Kier alpha value is -2.55.